The van der Waals surface area contributed by atoms with E-state index in [9.17, 15) is 4.79 Å². The summed E-state index contributed by atoms with van der Waals surface area (Å²) >= 11 is 0. The van der Waals surface area contributed by atoms with Gasteiger partial charge in [0.25, 0.3) is 5.91 Å². The molecule has 0 bridgehead atoms. The molecule has 2 N–H and O–H groups in total. The van der Waals surface area contributed by atoms with Gasteiger partial charge in [0.2, 0.25) is 5.95 Å². The van der Waals surface area contributed by atoms with Gasteiger partial charge in [0.15, 0.2) is 0 Å². The van der Waals surface area contributed by atoms with Gasteiger partial charge < -0.3 is 15.2 Å². The predicted molar refractivity (Wildman–Crippen MR) is 85.0 cm³/mol. The Balaban J connectivity index is 1.51. The first-order valence-corrected chi connectivity index (χ1v) is 7.97. The Bertz CT molecular complexity index is 618. The maximum absolute atomic E-state index is 12.3. The molecule has 0 unspecified atom stereocenters. The van der Waals surface area contributed by atoms with Gasteiger partial charge >= 0.3 is 0 Å². The fourth-order valence-electron chi connectivity index (χ4n) is 2.88. The Morgan fingerprint density at radius 3 is 2.43 bits per heavy atom. The molecule has 23 heavy (non-hydrogen) atoms. The van der Waals surface area contributed by atoms with Crippen molar-refractivity contribution in [3.63, 3.8) is 0 Å². The average molecular weight is 315 g/mol. The number of nitrogens with zero attached hydrogens (tertiary/aromatic N) is 5. The molecular formula is C15H21N7O. The average Bonchev–Trinajstić information content (AvgIpc) is 3.11. The molecular weight excluding hydrogens is 294 g/mol. The maximum Gasteiger partial charge on any atom is 0.254 e. The minimum absolute atomic E-state index is 0.110. The minimum atomic E-state index is -0.110. The Morgan fingerprint density at radius 1 is 1.17 bits per heavy atom. The lowest BCUT2D eigenvalue weighted by Crippen LogP contribution is -2.38. The first-order chi connectivity index (χ1) is 11.3. The molecule has 0 radical (unpaired) electrons. The van der Waals surface area contributed by atoms with Crippen LogP contribution in [0.5, 0.6) is 0 Å². The number of nitrogens with one attached hydrogen (secondary N) is 2. The summed E-state index contributed by atoms with van der Waals surface area (Å²) in [5.41, 5.74) is 0.493. The van der Waals surface area contributed by atoms with Crippen LogP contribution in [-0.4, -0.2) is 43.2 Å². The molecule has 0 aliphatic heterocycles. The van der Waals surface area contributed by atoms with Crippen molar-refractivity contribution >= 4 is 11.9 Å². The Hall–Kier alpha value is -2.51. The van der Waals surface area contributed by atoms with Crippen LogP contribution in [0.4, 0.5) is 5.95 Å². The van der Waals surface area contributed by atoms with E-state index in [1.54, 1.807) is 25.0 Å². The van der Waals surface area contributed by atoms with Crippen LogP contribution in [0.1, 0.15) is 49.0 Å². The zero-order valence-corrected chi connectivity index (χ0v) is 13.1. The first kappa shape index (κ1) is 15.4. The van der Waals surface area contributed by atoms with Crippen molar-refractivity contribution in [3.05, 3.63) is 30.6 Å². The van der Waals surface area contributed by atoms with Gasteiger partial charge in [-0.15, -0.1) is 10.2 Å². The standard InChI is InChI=1S/C15H21N7O/c1-2-16-15-17-7-11(8-18-15)14(23)21-12-3-5-13(6-4-12)22-9-19-20-10-22/h7-10,12-13H,2-6H2,1H3,(H,21,23)(H,16,17,18). The van der Waals surface area contributed by atoms with E-state index in [4.69, 9.17) is 0 Å². The van der Waals surface area contributed by atoms with Gasteiger partial charge in [0.1, 0.15) is 12.7 Å². The Morgan fingerprint density at radius 2 is 1.83 bits per heavy atom. The first-order valence-electron chi connectivity index (χ1n) is 7.97. The van der Waals surface area contributed by atoms with Gasteiger partial charge in [-0.2, -0.15) is 0 Å². The highest BCUT2D eigenvalue weighted by molar-refractivity contribution is 5.93. The minimum Gasteiger partial charge on any atom is -0.355 e. The number of hydrogen-bond donors (Lipinski definition) is 2. The topological polar surface area (TPSA) is 97.6 Å². The predicted octanol–water partition coefficient (Wildman–Crippen LogP) is 1.41. The summed E-state index contributed by atoms with van der Waals surface area (Å²) in [4.78, 5) is 20.5. The van der Waals surface area contributed by atoms with Gasteiger partial charge in [-0.25, -0.2) is 9.97 Å². The van der Waals surface area contributed by atoms with Crippen LogP contribution in [0.2, 0.25) is 0 Å². The third-order valence-corrected chi connectivity index (χ3v) is 4.14. The van der Waals surface area contributed by atoms with Crippen LogP contribution in [0.15, 0.2) is 25.0 Å². The third-order valence-electron chi connectivity index (χ3n) is 4.14. The molecule has 1 saturated carbocycles. The van der Waals surface area contributed by atoms with Gasteiger partial charge in [-0.05, 0) is 32.6 Å². The molecule has 0 spiro atoms. The van der Waals surface area contributed by atoms with E-state index in [-0.39, 0.29) is 11.9 Å². The van der Waals surface area contributed by atoms with Crippen molar-refractivity contribution in [1.82, 2.24) is 30.0 Å². The summed E-state index contributed by atoms with van der Waals surface area (Å²) in [5.74, 6) is 0.430. The van der Waals surface area contributed by atoms with E-state index in [2.05, 4.69) is 30.8 Å². The second-order valence-corrected chi connectivity index (χ2v) is 5.71. The molecule has 8 heteroatoms. The number of anilines is 1. The molecule has 2 aromatic heterocycles. The van der Waals surface area contributed by atoms with Crippen LogP contribution in [0, 0.1) is 0 Å². The van der Waals surface area contributed by atoms with Gasteiger partial charge in [0, 0.05) is 31.0 Å². The molecule has 3 rings (SSSR count). The lowest BCUT2D eigenvalue weighted by atomic mass is 9.91. The highest BCUT2D eigenvalue weighted by Crippen LogP contribution is 2.28. The zero-order valence-electron chi connectivity index (χ0n) is 13.1. The summed E-state index contributed by atoms with van der Waals surface area (Å²) in [6, 6.07) is 0.629. The van der Waals surface area contributed by atoms with Crippen LogP contribution >= 0.6 is 0 Å². The summed E-state index contributed by atoms with van der Waals surface area (Å²) in [6.45, 7) is 2.72. The monoisotopic (exact) mass is 315 g/mol. The summed E-state index contributed by atoms with van der Waals surface area (Å²) < 4.78 is 2.05. The molecule has 8 nitrogen and oxygen atoms in total. The molecule has 0 atom stereocenters. The molecule has 1 fully saturated rings. The molecule has 1 amide bonds. The van der Waals surface area contributed by atoms with E-state index in [1.165, 1.54) is 0 Å². The largest absolute Gasteiger partial charge is 0.355 e. The molecule has 2 heterocycles. The number of hydrogen-bond acceptors (Lipinski definition) is 6. The van der Waals surface area contributed by atoms with Crippen molar-refractivity contribution < 1.29 is 4.79 Å². The Kier molecular flexibility index (Phi) is 4.80. The molecule has 0 saturated heterocycles. The number of aromatic nitrogens is 5. The third kappa shape index (κ3) is 3.82. The van der Waals surface area contributed by atoms with E-state index in [1.807, 2.05) is 11.5 Å². The lowest BCUT2D eigenvalue weighted by molar-refractivity contribution is 0.0922. The van der Waals surface area contributed by atoms with Crippen molar-refractivity contribution in [2.45, 2.75) is 44.7 Å². The van der Waals surface area contributed by atoms with Gasteiger partial charge in [-0.3, -0.25) is 4.79 Å². The molecule has 1 aliphatic carbocycles. The number of rotatable bonds is 5. The number of carbonyl (C=O) groups excluding carboxylic acids is 1. The van der Waals surface area contributed by atoms with Gasteiger partial charge in [0.05, 0.1) is 5.56 Å². The zero-order chi connectivity index (χ0) is 16.1. The smallest absolute Gasteiger partial charge is 0.254 e. The summed E-state index contributed by atoms with van der Waals surface area (Å²) in [7, 11) is 0. The van der Waals surface area contributed by atoms with Crippen molar-refractivity contribution in [2.75, 3.05) is 11.9 Å². The van der Waals surface area contributed by atoms with E-state index in [0.717, 1.165) is 32.2 Å². The van der Waals surface area contributed by atoms with Gasteiger partial charge in [-0.1, -0.05) is 0 Å². The maximum atomic E-state index is 12.3. The van der Waals surface area contributed by atoms with Crippen molar-refractivity contribution in [2.24, 2.45) is 0 Å². The highest BCUT2D eigenvalue weighted by Gasteiger charge is 2.23. The van der Waals surface area contributed by atoms with Crippen LogP contribution in [0.25, 0.3) is 0 Å². The van der Waals surface area contributed by atoms with Crippen molar-refractivity contribution in [3.8, 4) is 0 Å². The van der Waals surface area contributed by atoms with Crippen LogP contribution in [-0.2, 0) is 0 Å². The second-order valence-electron chi connectivity index (χ2n) is 5.71. The SMILES string of the molecule is CCNc1ncc(C(=O)NC2CCC(n3cnnc3)CC2)cn1. The van der Waals surface area contributed by atoms with Crippen LogP contribution in [0.3, 0.4) is 0 Å². The van der Waals surface area contributed by atoms with E-state index in [0.29, 0.717) is 17.6 Å². The molecule has 2 aromatic rings. The normalized spacial score (nSPS) is 20.9. The fraction of sp³-hybridized carbons (Fsp3) is 0.533. The van der Waals surface area contributed by atoms with Crippen LogP contribution < -0.4 is 10.6 Å². The highest BCUT2D eigenvalue weighted by atomic mass is 16.1. The fourth-order valence-corrected chi connectivity index (χ4v) is 2.88. The second kappa shape index (κ2) is 7.17. The molecule has 1 aliphatic rings. The quantitative estimate of drug-likeness (QED) is 0.866. The lowest BCUT2D eigenvalue weighted by Gasteiger charge is -2.29. The molecule has 0 aromatic carbocycles. The summed E-state index contributed by atoms with van der Waals surface area (Å²) in [5, 5.41) is 13.8. The molecule has 122 valence electrons. The summed E-state index contributed by atoms with van der Waals surface area (Å²) in [6.07, 6.45) is 10.6. The number of amides is 1. The van der Waals surface area contributed by atoms with E-state index < -0.39 is 0 Å². The number of carbonyl (C=O) groups is 1. The van der Waals surface area contributed by atoms with E-state index >= 15 is 0 Å². The van der Waals surface area contributed by atoms with Crippen molar-refractivity contribution in [1.29, 1.82) is 0 Å². The Labute approximate surface area is 134 Å².